The molecule has 0 bridgehead atoms. The maximum atomic E-state index is 12.4. The molecule has 2 rings (SSSR count). The second-order valence-corrected chi connectivity index (χ2v) is 5.91. The molecule has 3 heteroatoms. The van der Waals surface area contributed by atoms with Crippen LogP contribution < -0.4 is 0 Å². The quantitative estimate of drug-likeness (QED) is 0.768. The van der Waals surface area contributed by atoms with Gasteiger partial charge in [-0.2, -0.15) is 0 Å². The maximum Gasteiger partial charge on any atom is 0.254 e. The molecule has 0 unspecified atom stereocenters. The van der Waals surface area contributed by atoms with Crippen molar-refractivity contribution in [1.82, 2.24) is 4.90 Å². The summed E-state index contributed by atoms with van der Waals surface area (Å²) in [5.41, 5.74) is 3.18. The topological polar surface area (TPSA) is 20.3 Å². The summed E-state index contributed by atoms with van der Waals surface area (Å²) in [5.74, 6) is 0.482. The highest BCUT2D eigenvalue weighted by molar-refractivity contribution is 6.18. The molecule has 0 saturated heterocycles. The van der Waals surface area contributed by atoms with Gasteiger partial charge in [0.2, 0.25) is 0 Å². The van der Waals surface area contributed by atoms with E-state index in [1.54, 1.807) is 4.90 Å². The van der Waals surface area contributed by atoms with E-state index < -0.39 is 0 Å². The van der Waals surface area contributed by atoms with Crippen LogP contribution in [0.4, 0.5) is 0 Å². The van der Waals surface area contributed by atoms with Crippen LogP contribution in [0.3, 0.4) is 0 Å². The van der Waals surface area contributed by atoms with Gasteiger partial charge in [-0.3, -0.25) is 4.79 Å². The minimum absolute atomic E-state index is 0.0513. The molecule has 0 N–H and O–H groups in total. The average Bonchev–Trinajstić information content (AvgIpc) is 2.84. The van der Waals surface area contributed by atoms with Crippen molar-refractivity contribution in [2.24, 2.45) is 0 Å². The Labute approximate surface area is 114 Å². The number of carbonyl (C=O) groups is 1. The van der Waals surface area contributed by atoms with Crippen molar-refractivity contribution < 1.29 is 4.79 Å². The number of halogens is 1. The van der Waals surface area contributed by atoms with Crippen LogP contribution in [0.5, 0.6) is 0 Å². The summed E-state index contributed by atoms with van der Waals surface area (Å²) in [5, 5.41) is 0. The van der Waals surface area contributed by atoms with E-state index in [-0.39, 0.29) is 11.4 Å². The largest absolute Gasteiger partial charge is 0.335 e. The van der Waals surface area contributed by atoms with Crippen LogP contribution in [-0.4, -0.2) is 29.3 Å². The van der Waals surface area contributed by atoms with Crippen molar-refractivity contribution in [2.75, 3.05) is 12.9 Å². The van der Waals surface area contributed by atoms with E-state index in [2.05, 4.69) is 6.07 Å². The van der Waals surface area contributed by atoms with Crippen molar-refractivity contribution in [3.05, 3.63) is 34.9 Å². The molecule has 0 radical (unpaired) electrons. The summed E-state index contributed by atoms with van der Waals surface area (Å²) >= 11 is 5.92. The van der Waals surface area contributed by atoms with Gasteiger partial charge in [0.25, 0.3) is 5.91 Å². The monoisotopic (exact) mass is 265 g/mol. The van der Waals surface area contributed by atoms with Gasteiger partial charge in [0.05, 0.1) is 5.54 Å². The molecular formula is C15H20ClNO. The van der Waals surface area contributed by atoms with Crippen LogP contribution >= 0.6 is 11.6 Å². The Morgan fingerprint density at radius 3 is 2.67 bits per heavy atom. The Morgan fingerprint density at radius 2 is 2.00 bits per heavy atom. The number of carbonyl (C=O) groups excluding carboxylic acids is 1. The molecule has 0 atom stereocenters. The molecule has 98 valence electrons. The standard InChI is InChI=1S/C15H20ClNO/c1-15(2,10-16)17(3)14(18)13-8-7-11-5-4-6-12(11)9-13/h7-9H,4-6,10H2,1-3H3. The van der Waals surface area contributed by atoms with Gasteiger partial charge in [0, 0.05) is 18.5 Å². The van der Waals surface area contributed by atoms with Gasteiger partial charge < -0.3 is 4.90 Å². The molecule has 0 spiro atoms. The van der Waals surface area contributed by atoms with Crippen molar-refractivity contribution in [2.45, 2.75) is 38.6 Å². The van der Waals surface area contributed by atoms with Crippen LogP contribution in [0.1, 0.15) is 41.8 Å². The van der Waals surface area contributed by atoms with Gasteiger partial charge in [0.15, 0.2) is 0 Å². The molecule has 0 aromatic heterocycles. The van der Waals surface area contributed by atoms with Crippen LogP contribution in [0.15, 0.2) is 18.2 Å². The number of aryl methyl sites for hydroxylation is 2. The lowest BCUT2D eigenvalue weighted by Crippen LogP contribution is -2.46. The van der Waals surface area contributed by atoms with Crippen molar-refractivity contribution in [3.8, 4) is 0 Å². The first kappa shape index (κ1) is 13.4. The molecule has 18 heavy (non-hydrogen) atoms. The first-order valence-corrected chi connectivity index (χ1v) is 6.95. The third kappa shape index (κ3) is 2.39. The molecular weight excluding hydrogens is 246 g/mol. The number of rotatable bonds is 3. The summed E-state index contributed by atoms with van der Waals surface area (Å²) in [4.78, 5) is 14.2. The fraction of sp³-hybridized carbons (Fsp3) is 0.533. The molecule has 1 amide bonds. The Hall–Kier alpha value is -1.02. The first-order valence-electron chi connectivity index (χ1n) is 6.41. The Morgan fingerprint density at radius 1 is 1.33 bits per heavy atom. The number of amides is 1. The highest BCUT2D eigenvalue weighted by Crippen LogP contribution is 2.24. The summed E-state index contributed by atoms with van der Waals surface area (Å²) in [6.45, 7) is 3.95. The van der Waals surface area contributed by atoms with Gasteiger partial charge in [-0.25, -0.2) is 0 Å². The van der Waals surface area contributed by atoms with Gasteiger partial charge in [-0.15, -0.1) is 11.6 Å². The Bertz CT molecular complexity index is 468. The average molecular weight is 266 g/mol. The SMILES string of the molecule is CN(C(=O)c1ccc2c(c1)CCC2)C(C)(C)CCl. The number of nitrogens with zero attached hydrogens (tertiary/aromatic N) is 1. The zero-order valence-corrected chi connectivity index (χ0v) is 12.0. The molecule has 0 fully saturated rings. The van der Waals surface area contributed by atoms with Crippen LogP contribution in [0.25, 0.3) is 0 Å². The summed E-state index contributed by atoms with van der Waals surface area (Å²) in [6, 6.07) is 6.08. The predicted molar refractivity (Wildman–Crippen MR) is 75.4 cm³/mol. The van der Waals surface area contributed by atoms with Gasteiger partial charge in [-0.1, -0.05) is 6.07 Å². The van der Waals surface area contributed by atoms with Gasteiger partial charge >= 0.3 is 0 Å². The van der Waals surface area contributed by atoms with Crippen LogP contribution in [-0.2, 0) is 12.8 Å². The van der Waals surface area contributed by atoms with E-state index in [0.717, 1.165) is 18.4 Å². The second kappa shape index (κ2) is 4.93. The molecule has 0 saturated carbocycles. The van der Waals surface area contributed by atoms with Gasteiger partial charge in [0.1, 0.15) is 0 Å². The highest BCUT2D eigenvalue weighted by Gasteiger charge is 2.27. The van der Waals surface area contributed by atoms with Gasteiger partial charge in [-0.05, 0) is 56.4 Å². The summed E-state index contributed by atoms with van der Waals surface area (Å²) in [7, 11) is 1.82. The zero-order chi connectivity index (χ0) is 13.3. The first-order chi connectivity index (χ1) is 8.45. The molecule has 2 nitrogen and oxygen atoms in total. The lowest BCUT2D eigenvalue weighted by atomic mass is 10.0. The van der Waals surface area contributed by atoms with Crippen LogP contribution in [0, 0.1) is 0 Å². The molecule has 1 aromatic rings. The van der Waals surface area contributed by atoms with E-state index >= 15 is 0 Å². The van der Waals surface area contributed by atoms with Crippen molar-refractivity contribution >= 4 is 17.5 Å². The minimum atomic E-state index is -0.322. The lowest BCUT2D eigenvalue weighted by molar-refractivity contribution is 0.0660. The molecule has 1 aliphatic rings. The predicted octanol–water partition coefficient (Wildman–Crippen LogP) is 3.26. The van der Waals surface area contributed by atoms with Crippen molar-refractivity contribution in [1.29, 1.82) is 0 Å². The third-order valence-electron chi connectivity index (χ3n) is 3.89. The van der Waals surface area contributed by atoms with Crippen molar-refractivity contribution in [3.63, 3.8) is 0 Å². The third-order valence-corrected chi connectivity index (χ3v) is 4.54. The molecule has 1 aromatic carbocycles. The fourth-order valence-corrected chi connectivity index (χ4v) is 2.44. The van der Waals surface area contributed by atoms with E-state index in [0.29, 0.717) is 5.88 Å². The van der Waals surface area contributed by atoms with E-state index in [1.807, 2.05) is 33.0 Å². The lowest BCUT2D eigenvalue weighted by Gasteiger charge is -2.34. The van der Waals surface area contributed by atoms with E-state index in [9.17, 15) is 4.79 Å². The number of fused-ring (bicyclic) bond motifs is 1. The molecule has 0 aliphatic heterocycles. The second-order valence-electron chi connectivity index (χ2n) is 5.65. The highest BCUT2D eigenvalue weighted by atomic mass is 35.5. The maximum absolute atomic E-state index is 12.4. The van der Waals surface area contributed by atoms with E-state index in [4.69, 9.17) is 11.6 Å². The Balaban J connectivity index is 2.24. The number of hydrogen-bond donors (Lipinski definition) is 0. The van der Waals surface area contributed by atoms with Crippen LogP contribution in [0.2, 0.25) is 0 Å². The van der Waals surface area contributed by atoms with E-state index in [1.165, 1.54) is 17.5 Å². The number of alkyl halides is 1. The smallest absolute Gasteiger partial charge is 0.254 e. The fourth-order valence-electron chi connectivity index (χ4n) is 2.26. The summed E-state index contributed by atoms with van der Waals surface area (Å²) in [6.07, 6.45) is 3.45. The zero-order valence-electron chi connectivity index (χ0n) is 11.3. The summed E-state index contributed by atoms with van der Waals surface area (Å²) < 4.78 is 0. The Kier molecular flexibility index (Phi) is 3.67. The number of benzene rings is 1. The normalized spacial score (nSPS) is 14.4. The number of hydrogen-bond acceptors (Lipinski definition) is 1. The minimum Gasteiger partial charge on any atom is -0.335 e. The molecule has 1 aliphatic carbocycles. The molecule has 0 heterocycles.